The van der Waals surface area contributed by atoms with Gasteiger partial charge in [-0.05, 0) is 36.7 Å². The van der Waals surface area contributed by atoms with E-state index in [9.17, 15) is 19.5 Å². The van der Waals surface area contributed by atoms with Gasteiger partial charge in [0.05, 0.1) is 5.39 Å². The minimum Gasteiger partial charge on any atom is -0.476 e. The largest absolute Gasteiger partial charge is 0.476 e. The van der Waals surface area contributed by atoms with Gasteiger partial charge in [-0.2, -0.15) is 5.10 Å². The molecule has 0 aliphatic heterocycles. The Morgan fingerprint density at radius 3 is 2.57 bits per heavy atom. The van der Waals surface area contributed by atoms with E-state index in [1.54, 1.807) is 12.1 Å². The molecule has 7 nitrogen and oxygen atoms in total. The molecule has 28 heavy (non-hydrogen) atoms. The van der Waals surface area contributed by atoms with Gasteiger partial charge in [-0.1, -0.05) is 45.4 Å². The number of carboxylic acids is 1. The summed E-state index contributed by atoms with van der Waals surface area (Å²) in [5, 5.41) is 13.8. The Kier molecular flexibility index (Phi) is 5.82. The van der Waals surface area contributed by atoms with Crippen LogP contribution < -0.4 is 5.56 Å². The van der Waals surface area contributed by atoms with Crippen molar-refractivity contribution in [2.24, 2.45) is 17.8 Å². The molecule has 1 saturated carbocycles. The Morgan fingerprint density at radius 1 is 1.25 bits per heavy atom. The summed E-state index contributed by atoms with van der Waals surface area (Å²) >= 11 is 0. The predicted octanol–water partition coefficient (Wildman–Crippen LogP) is 3.10. The molecule has 0 bridgehead atoms. The van der Waals surface area contributed by atoms with E-state index < -0.39 is 24.0 Å². The minimum absolute atomic E-state index is 0.189. The molecule has 0 amide bonds. The van der Waals surface area contributed by atoms with Gasteiger partial charge < -0.3 is 9.84 Å². The second-order valence-corrected chi connectivity index (χ2v) is 8.02. The SMILES string of the molecule is CC(C)[C@@H]1CC[C@@H](C)C[C@@H]1OC(=O)Cn1nc(C(=O)O)c2ccccc2c1=O. The van der Waals surface area contributed by atoms with Crippen molar-refractivity contribution in [3.05, 3.63) is 40.3 Å². The summed E-state index contributed by atoms with van der Waals surface area (Å²) in [4.78, 5) is 36.8. The zero-order valence-corrected chi connectivity index (χ0v) is 16.4. The number of carbonyl (C=O) groups is 2. The maximum Gasteiger partial charge on any atom is 0.357 e. The second-order valence-electron chi connectivity index (χ2n) is 8.02. The summed E-state index contributed by atoms with van der Waals surface area (Å²) in [6, 6.07) is 6.36. The number of aromatic nitrogens is 2. The Bertz CT molecular complexity index is 949. The third-order valence-electron chi connectivity index (χ3n) is 5.59. The minimum atomic E-state index is -1.25. The summed E-state index contributed by atoms with van der Waals surface area (Å²) in [5.74, 6) is -0.653. The fraction of sp³-hybridized carbons (Fsp3) is 0.524. The fourth-order valence-electron chi connectivity index (χ4n) is 4.08. The molecule has 0 spiro atoms. The van der Waals surface area contributed by atoms with Crippen molar-refractivity contribution in [2.45, 2.75) is 52.7 Å². The van der Waals surface area contributed by atoms with E-state index >= 15 is 0 Å². The van der Waals surface area contributed by atoms with Crippen LogP contribution in [0.1, 0.15) is 50.5 Å². The first-order valence-electron chi connectivity index (χ1n) is 9.70. The van der Waals surface area contributed by atoms with Gasteiger partial charge in [-0.25, -0.2) is 9.48 Å². The molecule has 3 rings (SSSR count). The zero-order chi connectivity index (χ0) is 20.4. The average molecular weight is 386 g/mol. The number of carboxylic acid groups (broad SMARTS) is 1. The molecular weight excluding hydrogens is 360 g/mol. The summed E-state index contributed by atoms with van der Waals surface area (Å²) in [6.45, 7) is 5.98. The van der Waals surface area contributed by atoms with Crippen molar-refractivity contribution in [1.29, 1.82) is 0 Å². The van der Waals surface area contributed by atoms with Gasteiger partial charge in [-0.15, -0.1) is 0 Å². The Labute approximate surface area is 163 Å². The van der Waals surface area contributed by atoms with Gasteiger partial charge in [0.15, 0.2) is 5.69 Å². The van der Waals surface area contributed by atoms with Crippen LogP contribution in [-0.2, 0) is 16.1 Å². The second kappa shape index (κ2) is 8.12. The Morgan fingerprint density at radius 2 is 1.93 bits per heavy atom. The monoisotopic (exact) mass is 386 g/mol. The topological polar surface area (TPSA) is 98.5 Å². The maximum atomic E-state index is 12.7. The van der Waals surface area contributed by atoms with E-state index in [1.165, 1.54) is 12.1 Å². The third kappa shape index (κ3) is 4.08. The average Bonchev–Trinajstić information content (AvgIpc) is 2.63. The van der Waals surface area contributed by atoms with E-state index in [2.05, 4.69) is 25.9 Å². The van der Waals surface area contributed by atoms with E-state index in [4.69, 9.17) is 4.74 Å². The highest BCUT2D eigenvalue weighted by Gasteiger charge is 2.33. The fourth-order valence-corrected chi connectivity index (χ4v) is 4.08. The molecular formula is C21H26N2O5. The number of aromatic carboxylic acids is 1. The summed E-state index contributed by atoms with van der Waals surface area (Å²) in [7, 11) is 0. The van der Waals surface area contributed by atoms with Crippen LogP contribution in [0.2, 0.25) is 0 Å². The zero-order valence-electron chi connectivity index (χ0n) is 16.4. The maximum absolute atomic E-state index is 12.7. The van der Waals surface area contributed by atoms with E-state index in [0.29, 0.717) is 11.8 Å². The lowest BCUT2D eigenvalue weighted by molar-refractivity contribution is -0.157. The van der Waals surface area contributed by atoms with Gasteiger partial charge in [0.1, 0.15) is 12.6 Å². The molecule has 1 aromatic heterocycles. The number of nitrogens with zero attached hydrogens (tertiary/aromatic N) is 2. The predicted molar refractivity (Wildman–Crippen MR) is 104 cm³/mol. The van der Waals surface area contributed by atoms with E-state index in [-0.39, 0.29) is 28.5 Å². The molecule has 1 fully saturated rings. The summed E-state index contributed by atoms with van der Waals surface area (Å²) < 4.78 is 6.61. The van der Waals surface area contributed by atoms with Crippen LogP contribution in [0.25, 0.3) is 10.8 Å². The first-order valence-corrected chi connectivity index (χ1v) is 9.70. The van der Waals surface area contributed by atoms with Gasteiger partial charge in [-0.3, -0.25) is 9.59 Å². The molecule has 1 heterocycles. The summed E-state index contributed by atoms with van der Waals surface area (Å²) in [5.41, 5.74) is -0.760. The Hall–Kier alpha value is -2.70. The number of rotatable bonds is 5. The highest BCUT2D eigenvalue weighted by Crippen LogP contribution is 2.35. The van der Waals surface area contributed by atoms with Crippen molar-refractivity contribution in [1.82, 2.24) is 9.78 Å². The first kappa shape index (κ1) is 20.0. The normalized spacial score (nSPS) is 22.4. The van der Waals surface area contributed by atoms with Crippen molar-refractivity contribution in [3.8, 4) is 0 Å². The van der Waals surface area contributed by atoms with Gasteiger partial charge in [0.2, 0.25) is 0 Å². The number of esters is 1. The van der Waals surface area contributed by atoms with Crippen LogP contribution in [0.4, 0.5) is 0 Å². The van der Waals surface area contributed by atoms with Crippen molar-refractivity contribution in [3.63, 3.8) is 0 Å². The van der Waals surface area contributed by atoms with Crippen LogP contribution >= 0.6 is 0 Å². The smallest absolute Gasteiger partial charge is 0.357 e. The highest BCUT2D eigenvalue weighted by atomic mass is 16.5. The van der Waals surface area contributed by atoms with Crippen molar-refractivity contribution in [2.75, 3.05) is 0 Å². The molecule has 1 aliphatic carbocycles. The lowest BCUT2D eigenvalue weighted by Gasteiger charge is -2.36. The molecule has 150 valence electrons. The molecule has 0 radical (unpaired) electrons. The third-order valence-corrected chi connectivity index (χ3v) is 5.59. The molecule has 2 aromatic rings. The standard InChI is InChI=1S/C21H26N2O5/c1-12(2)14-9-8-13(3)10-17(14)28-18(24)11-23-20(25)16-7-5-4-6-15(16)19(22-23)21(26)27/h4-7,12-14,17H,8-11H2,1-3H3,(H,26,27)/t13-,14+,17+/m1/s1. The van der Waals surface area contributed by atoms with Crippen LogP contribution in [0.3, 0.4) is 0 Å². The number of fused-ring (bicyclic) bond motifs is 1. The van der Waals surface area contributed by atoms with Crippen LogP contribution in [0, 0.1) is 17.8 Å². The number of ether oxygens (including phenoxy) is 1. The van der Waals surface area contributed by atoms with Crippen molar-refractivity contribution >= 4 is 22.7 Å². The quantitative estimate of drug-likeness (QED) is 0.793. The molecule has 3 atom stereocenters. The number of benzene rings is 1. The number of carbonyl (C=O) groups excluding carboxylic acids is 1. The van der Waals surface area contributed by atoms with E-state index in [0.717, 1.165) is 23.9 Å². The van der Waals surface area contributed by atoms with Gasteiger partial charge >= 0.3 is 11.9 Å². The molecule has 7 heteroatoms. The Balaban J connectivity index is 1.86. The molecule has 0 saturated heterocycles. The van der Waals surface area contributed by atoms with Gasteiger partial charge in [0.25, 0.3) is 5.56 Å². The first-order chi connectivity index (χ1) is 13.3. The molecule has 0 unspecified atom stereocenters. The van der Waals surface area contributed by atoms with E-state index in [1.807, 2.05) is 0 Å². The van der Waals surface area contributed by atoms with Crippen LogP contribution in [0.5, 0.6) is 0 Å². The lowest BCUT2D eigenvalue weighted by Crippen LogP contribution is -2.38. The number of hydrogen-bond donors (Lipinski definition) is 1. The van der Waals surface area contributed by atoms with Crippen LogP contribution in [-0.4, -0.2) is 32.9 Å². The molecule has 1 aliphatic rings. The van der Waals surface area contributed by atoms with Crippen molar-refractivity contribution < 1.29 is 19.4 Å². The number of hydrogen-bond acceptors (Lipinski definition) is 5. The van der Waals surface area contributed by atoms with Crippen LogP contribution in [0.15, 0.2) is 29.1 Å². The lowest BCUT2D eigenvalue weighted by atomic mass is 9.75. The highest BCUT2D eigenvalue weighted by molar-refractivity contribution is 6.01. The molecule has 1 aromatic carbocycles. The van der Waals surface area contributed by atoms with Gasteiger partial charge in [0, 0.05) is 5.39 Å². The molecule has 1 N–H and O–H groups in total. The summed E-state index contributed by atoms with van der Waals surface area (Å²) in [6.07, 6.45) is 2.74.